The van der Waals surface area contributed by atoms with Gasteiger partial charge in [0, 0.05) is 33.1 Å². The molecule has 2 aromatic carbocycles. The number of hydrogen-bond donors (Lipinski definition) is 2. The van der Waals surface area contributed by atoms with Crippen LogP contribution < -0.4 is 15.8 Å². The maximum Gasteiger partial charge on any atom is 0.262 e. The molecule has 1 atom stereocenters. The van der Waals surface area contributed by atoms with Crippen LogP contribution in [0, 0.1) is 0 Å². The van der Waals surface area contributed by atoms with Crippen LogP contribution in [0.2, 0.25) is 0 Å². The van der Waals surface area contributed by atoms with Crippen molar-refractivity contribution in [2.75, 3.05) is 11.9 Å². The van der Waals surface area contributed by atoms with Gasteiger partial charge < -0.3 is 15.8 Å². The van der Waals surface area contributed by atoms with Gasteiger partial charge in [0.2, 0.25) is 5.91 Å². The molecule has 29 heavy (non-hydrogen) atoms. The first kappa shape index (κ1) is 21.0. The molecule has 7 heteroatoms. The molecule has 1 aliphatic carbocycles. The average molecular weight is 415 g/mol. The number of carbonyl (C=O) groups is 2. The molecule has 3 rings (SSSR count). The van der Waals surface area contributed by atoms with E-state index in [0.717, 1.165) is 31.2 Å². The third-order valence-corrected chi connectivity index (χ3v) is 6.76. The number of nitrogens with two attached hydrogens (primary N) is 1. The van der Waals surface area contributed by atoms with Crippen molar-refractivity contribution in [3.63, 3.8) is 0 Å². The Morgan fingerprint density at radius 1 is 1.07 bits per heavy atom. The van der Waals surface area contributed by atoms with Crippen molar-refractivity contribution in [2.45, 2.75) is 43.1 Å². The van der Waals surface area contributed by atoms with Gasteiger partial charge in [0.05, 0.1) is 0 Å². The molecule has 0 aromatic heterocycles. The van der Waals surface area contributed by atoms with Gasteiger partial charge >= 0.3 is 0 Å². The van der Waals surface area contributed by atoms with E-state index in [4.69, 9.17) is 10.5 Å². The summed E-state index contributed by atoms with van der Waals surface area (Å²) in [7, 11) is -0.888. The number of rotatable bonds is 8. The van der Waals surface area contributed by atoms with Crippen LogP contribution in [0.15, 0.2) is 48.5 Å². The van der Waals surface area contributed by atoms with Crippen molar-refractivity contribution < 1.29 is 18.5 Å². The smallest absolute Gasteiger partial charge is 0.262 e. The van der Waals surface area contributed by atoms with Gasteiger partial charge in [-0.1, -0.05) is 37.5 Å². The lowest BCUT2D eigenvalue weighted by Crippen LogP contribution is -2.21. The summed E-state index contributed by atoms with van der Waals surface area (Å²) in [6.07, 6.45) is 5.64. The van der Waals surface area contributed by atoms with E-state index in [1.807, 2.05) is 18.2 Å². The maximum absolute atomic E-state index is 12.6. The highest BCUT2D eigenvalue weighted by Gasteiger charge is 2.20. The van der Waals surface area contributed by atoms with Crippen molar-refractivity contribution in [3.8, 4) is 5.75 Å². The molecule has 0 bridgehead atoms. The Labute approximate surface area is 173 Å². The maximum atomic E-state index is 12.6. The predicted molar refractivity (Wildman–Crippen MR) is 114 cm³/mol. The van der Waals surface area contributed by atoms with Crippen molar-refractivity contribution in [3.05, 3.63) is 59.7 Å². The zero-order valence-electron chi connectivity index (χ0n) is 16.3. The van der Waals surface area contributed by atoms with Gasteiger partial charge in [0.25, 0.3) is 5.91 Å². The second-order valence-electron chi connectivity index (χ2n) is 7.21. The van der Waals surface area contributed by atoms with E-state index >= 15 is 0 Å². The minimum atomic E-state index is -0.888. The Balaban J connectivity index is 1.52. The average Bonchev–Trinajstić information content (AvgIpc) is 2.73. The number of nitrogens with one attached hydrogen (secondary N) is 1. The number of primary amides is 1. The number of benzene rings is 2. The summed E-state index contributed by atoms with van der Waals surface area (Å²) in [6, 6.07) is 13.8. The molecular formula is C22H26N2O4S. The molecule has 2 amide bonds. The highest BCUT2D eigenvalue weighted by atomic mass is 32.2. The number of carbonyl (C=O) groups excluding carboxylic acids is 2. The Morgan fingerprint density at radius 3 is 2.59 bits per heavy atom. The van der Waals surface area contributed by atoms with Gasteiger partial charge in [0.15, 0.2) is 6.61 Å². The largest absolute Gasteiger partial charge is 0.484 e. The topological polar surface area (TPSA) is 98.5 Å². The predicted octanol–water partition coefficient (Wildman–Crippen LogP) is 3.38. The van der Waals surface area contributed by atoms with Gasteiger partial charge in [0.1, 0.15) is 5.75 Å². The van der Waals surface area contributed by atoms with Crippen LogP contribution in [0.3, 0.4) is 0 Å². The van der Waals surface area contributed by atoms with E-state index in [2.05, 4.69) is 5.32 Å². The zero-order valence-corrected chi connectivity index (χ0v) is 17.1. The molecule has 2 aromatic rings. The Morgan fingerprint density at radius 2 is 1.83 bits per heavy atom. The van der Waals surface area contributed by atoms with E-state index in [0.29, 0.717) is 22.8 Å². The van der Waals surface area contributed by atoms with E-state index in [9.17, 15) is 13.8 Å². The van der Waals surface area contributed by atoms with Crippen molar-refractivity contribution in [2.24, 2.45) is 5.73 Å². The van der Waals surface area contributed by atoms with Crippen LogP contribution in [-0.2, 0) is 21.3 Å². The summed E-state index contributed by atoms with van der Waals surface area (Å²) in [6.45, 7) is -0.194. The van der Waals surface area contributed by atoms with E-state index in [-0.39, 0.29) is 17.8 Å². The summed E-state index contributed by atoms with van der Waals surface area (Å²) in [5, 5.41) is 3.07. The fraction of sp³-hybridized carbons (Fsp3) is 0.364. The van der Waals surface area contributed by atoms with Crippen LogP contribution in [0.25, 0.3) is 0 Å². The second kappa shape index (κ2) is 10.2. The molecule has 1 saturated carbocycles. The van der Waals surface area contributed by atoms with Crippen LogP contribution >= 0.6 is 0 Å². The quantitative estimate of drug-likeness (QED) is 0.692. The van der Waals surface area contributed by atoms with E-state index < -0.39 is 16.7 Å². The number of ether oxygens (including phenoxy) is 1. The van der Waals surface area contributed by atoms with Gasteiger partial charge in [-0.3, -0.25) is 13.8 Å². The van der Waals surface area contributed by atoms with E-state index in [1.54, 1.807) is 24.3 Å². The van der Waals surface area contributed by atoms with E-state index in [1.165, 1.54) is 12.5 Å². The highest BCUT2D eigenvalue weighted by molar-refractivity contribution is 7.84. The third-order valence-electron chi connectivity index (χ3n) is 4.93. The summed E-state index contributed by atoms with van der Waals surface area (Å²) >= 11 is 0. The summed E-state index contributed by atoms with van der Waals surface area (Å²) in [5.74, 6) is 0.0283. The number of hydrogen-bond acceptors (Lipinski definition) is 4. The van der Waals surface area contributed by atoms with Gasteiger partial charge in [-0.15, -0.1) is 0 Å². The molecule has 1 aliphatic rings. The lowest BCUT2D eigenvalue weighted by molar-refractivity contribution is -0.118. The van der Waals surface area contributed by atoms with Gasteiger partial charge in [-0.25, -0.2) is 0 Å². The molecule has 6 nitrogen and oxygen atoms in total. The van der Waals surface area contributed by atoms with Crippen LogP contribution in [0.1, 0.15) is 48.0 Å². The molecule has 0 aliphatic heterocycles. The fourth-order valence-electron chi connectivity index (χ4n) is 3.43. The molecule has 0 heterocycles. The van der Waals surface area contributed by atoms with Crippen molar-refractivity contribution in [1.82, 2.24) is 0 Å². The molecule has 3 N–H and O–H groups in total. The highest BCUT2D eigenvalue weighted by Crippen LogP contribution is 2.24. The first-order valence-electron chi connectivity index (χ1n) is 9.80. The van der Waals surface area contributed by atoms with Crippen LogP contribution in [0.4, 0.5) is 5.69 Å². The first-order chi connectivity index (χ1) is 14.0. The van der Waals surface area contributed by atoms with Gasteiger partial charge in [-0.2, -0.15) is 0 Å². The minimum absolute atomic E-state index is 0.194. The molecule has 1 fully saturated rings. The normalized spacial score (nSPS) is 15.4. The molecule has 0 saturated heterocycles. The molecular weight excluding hydrogens is 388 g/mol. The zero-order chi connectivity index (χ0) is 20.6. The third kappa shape index (κ3) is 6.42. The molecule has 0 spiro atoms. The molecule has 154 valence electrons. The van der Waals surface area contributed by atoms with Crippen LogP contribution in [0.5, 0.6) is 5.75 Å². The van der Waals surface area contributed by atoms with Gasteiger partial charge in [-0.05, 0) is 48.7 Å². The Kier molecular flexibility index (Phi) is 7.41. The minimum Gasteiger partial charge on any atom is -0.484 e. The SMILES string of the molecule is NC(=O)c1cccc(OCC(=O)Nc2cccc(CS(=O)C3CCCCC3)c2)c1. The van der Waals surface area contributed by atoms with Crippen LogP contribution in [-0.4, -0.2) is 27.9 Å². The van der Waals surface area contributed by atoms with Crippen molar-refractivity contribution in [1.29, 1.82) is 0 Å². The second-order valence-corrected chi connectivity index (χ2v) is 8.93. The fourth-order valence-corrected chi connectivity index (χ4v) is 5.04. The lowest BCUT2D eigenvalue weighted by Gasteiger charge is -2.21. The lowest BCUT2D eigenvalue weighted by atomic mass is 10.0. The summed E-state index contributed by atoms with van der Waals surface area (Å²) in [5.41, 5.74) is 7.15. The number of anilines is 1. The molecule has 0 radical (unpaired) electrons. The van der Waals surface area contributed by atoms with Crippen molar-refractivity contribution >= 4 is 28.3 Å². The Bertz CT molecular complexity index is 894. The number of amides is 2. The summed E-state index contributed by atoms with van der Waals surface area (Å²) < 4.78 is 18.0. The molecule has 1 unspecified atom stereocenters. The Hall–Kier alpha value is -2.67. The monoisotopic (exact) mass is 414 g/mol. The summed E-state index contributed by atoms with van der Waals surface area (Å²) in [4.78, 5) is 23.4. The first-order valence-corrected chi connectivity index (χ1v) is 11.2. The standard InChI is InChI=1S/C22H26N2O4S/c23-22(26)17-7-5-9-19(13-17)28-14-21(25)24-18-8-4-6-16(12-18)15-29(27)20-10-2-1-3-11-20/h4-9,12-13,20H,1-3,10-11,14-15H2,(H2,23,26)(H,24,25).